The SMILES string of the molecule is CCCCCCCCCCCCC[N+](C)([O-])CCCN=C(N)N. The summed E-state index contributed by atoms with van der Waals surface area (Å²) in [7, 11) is 1.76. The average molecular weight is 329 g/mol. The molecule has 0 aliphatic rings. The van der Waals surface area contributed by atoms with Gasteiger partial charge >= 0.3 is 0 Å². The number of rotatable bonds is 16. The molecule has 0 saturated heterocycles. The van der Waals surface area contributed by atoms with Gasteiger partial charge in [0, 0.05) is 13.0 Å². The standard InChI is InChI=1S/C18H40N4O/c1-3-4-5-6-7-8-9-10-11-12-13-16-22(2,23)17-14-15-21-18(19)20/h3-17H2,1-2H3,(H4,19,20,21). The molecule has 5 heteroatoms. The average Bonchev–Trinajstić information content (AvgIpc) is 2.49. The third kappa shape index (κ3) is 17.4. The molecule has 138 valence electrons. The van der Waals surface area contributed by atoms with E-state index in [4.69, 9.17) is 11.5 Å². The van der Waals surface area contributed by atoms with E-state index in [9.17, 15) is 5.21 Å². The fourth-order valence-electron chi connectivity index (χ4n) is 2.84. The molecule has 0 bridgehead atoms. The number of guanidine groups is 1. The van der Waals surface area contributed by atoms with Gasteiger partial charge in [-0.1, -0.05) is 64.7 Å². The van der Waals surface area contributed by atoms with Crippen LogP contribution in [0.1, 0.15) is 84.0 Å². The van der Waals surface area contributed by atoms with Gasteiger partial charge < -0.3 is 21.3 Å². The van der Waals surface area contributed by atoms with Gasteiger partial charge in [0.2, 0.25) is 0 Å². The van der Waals surface area contributed by atoms with Crippen LogP contribution in [-0.2, 0) is 0 Å². The van der Waals surface area contributed by atoms with Crippen LogP contribution in [0.3, 0.4) is 0 Å². The summed E-state index contributed by atoms with van der Waals surface area (Å²) in [5.41, 5.74) is 10.5. The van der Waals surface area contributed by atoms with Crippen LogP contribution in [0.5, 0.6) is 0 Å². The maximum absolute atomic E-state index is 12.2. The van der Waals surface area contributed by atoms with Gasteiger partial charge in [0.25, 0.3) is 0 Å². The molecule has 0 spiro atoms. The van der Waals surface area contributed by atoms with E-state index in [0.717, 1.165) is 12.8 Å². The van der Waals surface area contributed by atoms with E-state index in [-0.39, 0.29) is 10.6 Å². The molecule has 0 rings (SSSR count). The molecule has 0 aromatic carbocycles. The highest BCUT2D eigenvalue weighted by atomic mass is 16.5. The molecule has 0 aromatic rings. The molecule has 0 aliphatic carbocycles. The molecule has 0 fully saturated rings. The topological polar surface area (TPSA) is 87.5 Å². The number of aliphatic imine (C=N–C) groups is 1. The number of hydroxylamine groups is 3. The zero-order chi connectivity index (χ0) is 17.4. The highest BCUT2D eigenvalue weighted by Crippen LogP contribution is 2.12. The highest BCUT2D eigenvalue weighted by Gasteiger charge is 2.08. The van der Waals surface area contributed by atoms with Crippen LogP contribution in [0.25, 0.3) is 0 Å². The maximum atomic E-state index is 12.2. The molecule has 0 aliphatic heterocycles. The molecule has 4 N–H and O–H groups in total. The predicted molar refractivity (Wildman–Crippen MR) is 101 cm³/mol. The van der Waals surface area contributed by atoms with Crippen LogP contribution >= 0.6 is 0 Å². The van der Waals surface area contributed by atoms with Crippen LogP contribution < -0.4 is 11.5 Å². The summed E-state index contributed by atoms with van der Waals surface area (Å²) >= 11 is 0. The van der Waals surface area contributed by atoms with Crippen molar-refractivity contribution in [3.8, 4) is 0 Å². The van der Waals surface area contributed by atoms with E-state index in [1.165, 1.54) is 64.2 Å². The van der Waals surface area contributed by atoms with Crippen molar-refractivity contribution in [1.29, 1.82) is 0 Å². The lowest BCUT2D eigenvalue weighted by Gasteiger charge is -2.38. The Morgan fingerprint density at radius 1 is 0.783 bits per heavy atom. The number of hydrogen-bond acceptors (Lipinski definition) is 2. The molecule has 23 heavy (non-hydrogen) atoms. The summed E-state index contributed by atoms with van der Waals surface area (Å²) in [6, 6.07) is 0. The van der Waals surface area contributed by atoms with Gasteiger partial charge in [-0.25, -0.2) is 0 Å². The monoisotopic (exact) mass is 328 g/mol. The Balaban J connectivity index is 3.36. The first-order valence-electron chi connectivity index (χ1n) is 9.59. The van der Waals surface area contributed by atoms with Crippen molar-refractivity contribution >= 4 is 5.96 Å². The highest BCUT2D eigenvalue weighted by molar-refractivity contribution is 5.75. The van der Waals surface area contributed by atoms with Gasteiger partial charge in [-0.3, -0.25) is 4.99 Å². The summed E-state index contributed by atoms with van der Waals surface area (Å²) in [4.78, 5) is 3.91. The Bertz CT molecular complexity index is 289. The lowest BCUT2D eigenvalue weighted by atomic mass is 10.1. The smallest absolute Gasteiger partial charge is 0.185 e. The van der Waals surface area contributed by atoms with Crippen molar-refractivity contribution in [2.24, 2.45) is 16.5 Å². The molecule has 1 unspecified atom stereocenters. The number of hydrogen-bond donors (Lipinski definition) is 2. The Morgan fingerprint density at radius 2 is 1.22 bits per heavy atom. The lowest BCUT2D eigenvalue weighted by Crippen LogP contribution is -2.39. The van der Waals surface area contributed by atoms with E-state index < -0.39 is 0 Å². The second kappa shape index (κ2) is 14.8. The molecule has 1 atom stereocenters. The van der Waals surface area contributed by atoms with Crippen LogP contribution in [0.2, 0.25) is 0 Å². The zero-order valence-electron chi connectivity index (χ0n) is 15.6. The van der Waals surface area contributed by atoms with Crippen molar-refractivity contribution in [2.75, 3.05) is 26.7 Å². The molecule has 0 radical (unpaired) electrons. The molecule has 0 amide bonds. The normalized spacial score (nSPS) is 13.7. The number of nitrogens with zero attached hydrogens (tertiary/aromatic N) is 2. The molecule has 5 nitrogen and oxygen atoms in total. The van der Waals surface area contributed by atoms with Crippen molar-refractivity contribution in [1.82, 2.24) is 0 Å². The molecule has 0 heterocycles. The third-order valence-electron chi connectivity index (χ3n) is 4.32. The first-order chi connectivity index (χ1) is 11.0. The van der Waals surface area contributed by atoms with Gasteiger partial charge in [-0.05, 0) is 12.8 Å². The van der Waals surface area contributed by atoms with Crippen molar-refractivity contribution in [3.05, 3.63) is 5.21 Å². The Labute approximate surface area is 143 Å². The van der Waals surface area contributed by atoms with Crippen LogP contribution in [-0.4, -0.2) is 37.3 Å². The first-order valence-corrected chi connectivity index (χ1v) is 9.59. The van der Waals surface area contributed by atoms with Gasteiger partial charge in [-0.2, -0.15) is 0 Å². The van der Waals surface area contributed by atoms with E-state index in [1.807, 2.05) is 0 Å². The molecular formula is C18H40N4O. The van der Waals surface area contributed by atoms with E-state index in [0.29, 0.717) is 19.6 Å². The van der Waals surface area contributed by atoms with Crippen LogP contribution in [0, 0.1) is 5.21 Å². The maximum Gasteiger partial charge on any atom is 0.185 e. The Hall–Kier alpha value is -0.810. The van der Waals surface area contributed by atoms with Gasteiger partial charge in [0.05, 0.1) is 20.1 Å². The van der Waals surface area contributed by atoms with E-state index in [1.54, 1.807) is 7.05 Å². The summed E-state index contributed by atoms with van der Waals surface area (Å²) in [6.07, 6.45) is 15.2. The molecular weight excluding hydrogens is 288 g/mol. The molecule has 0 aromatic heterocycles. The summed E-state index contributed by atoms with van der Waals surface area (Å²) in [5.74, 6) is 0.107. The first kappa shape index (κ1) is 22.2. The minimum atomic E-state index is -0.169. The van der Waals surface area contributed by atoms with Crippen molar-refractivity contribution in [3.63, 3.8) is 0 Å². The van der Waals surface area contributed by atoms with Gasteiger partial charge in [0.1, 0.15) is 0 Å². The minimum absolute atomic E-state index is 0.107. The number of quaternary nitrogens is 1. The van der Waals surface area contributed by atoms with Crippen molar-refractivity contribution in [2.45, 2.75) is 84.0 Å². The third-order valence-corrected chi connectivity index (χ3v) is 4.32. The second-order valence-electron chi connectivity index (χ2n) is 6.94. The van der Waals surface area contributed by atoms with E-state index >= 15 is 0 Å². The fraction of sp³-hybridized carbons (Fsp3) is 0.944. The number of nitrogens with two attached hydrogens (primary N) is 2. The summed E-state index contributed by atoms with van der Waals surface area (Å²) < 4.78 is -0.169. The van der Waals surface area contributed by atoms with Crippen LogP contribution in [0.4, 0.5) is 0 Å². The summed E-state index contributed by atoms with van der Waals surface area (Å²) in [6.45, 7) is 4.11. The van der Waals surface area contributed by atoms with Gasteiger partial charge in [-0.15, -0.1) is 0 Å². The Kier molecular flexibility index (Phi) is 14.2. The largest absolute Gasteiger partial charge is 0.633 e. The summed E-state index contributed by atoms with van der Waals surface area (Å²) in [5, 5.41) is 12.2. The van der Waals surface area contributed by atoms with Crippen molar-refractivity contribution < 1.29 is 4.65 Å². The molecule has 0 saturated carbocycles. The number of unbranched alkanes of at least 4 members (excludes halogenated alkanes) is 10. The Morgan fingerprint density at radius 3 is 1.70 bits per heavy atom. The quantitative estimate of drug-likeness (QED) is 0.148. The minimum Gasteiger partial charge on any atom is -0.633 e. The lowest BCUT2D eigenvalue weighted by molar-refractivity contribution is -0.861. The zero-order valence-corrected chi connectivity index (χ0v) is 15.6. The van der Waals surface area contributed by atoms with Gasteiger partial charge in [0.15, 0.2) is 5.96 Å². The fourth-order valence-corrected chi connectivity index (χ4v) is 2.84. The predicted octanol–water partition coefficient (Wildman–Crippen LogP) is 3.91. The second-order valence-corrected chi connectivity index (χ2v) is 6.94. The van der Waals surface area contributed by atoms with Crippen LogP contribution in [0.15, 0.2) is 4.99 Å². The van der Waals surface area contributed by atoms with E-state index in [2.05, 4.69) is 11.9 Å².